The molecule has 6 rings (SSSR count). The largest absolute Gasteiger partial charge is 0.497 e. The summed E-state index contributed by atoms with van der Waals surface area (Å²) < 4.78 is 13.4. The van der Waals surface area contributed by atoms with Crippen molar-refractivity contribution in [2.24, 2.45) is 5.92 Å². The van der Waals surface area contributed by atoms with Gasteiger partial charge in [-0.2, -0.15) is 5.10 Å². The SMILES string of the molecule is COc1ccc(OC)c([C@H]2SCC(=O)N(CC(=O)N3CCC(C)CC3)c3c2c(-c2ccccc2)nn3-c2ccc(C)cc2C)c1. The molecule has 1 aromatic heterocycles. The van der Waals surface area contributed by atoms with Gasteiger partial charge in [-0.05, 0) is 62.4 Å². The van der Waals surface area contributed by atoms with Crippen molar-refractivity contribution < 1.29 is 19.1 Å². The van der Waals surface area contributed by atoms with Crippen molar-refractivity contribution in [3.8, 4) is 28.4 Å². The summed E-state index contributed by atoms with van der Waals surface area (Å²) in [6.45, 7) is 7.71. The minimum atomic E-state index is -0.334. The number of thioether (sulfide) groups is 1. The predicted molar refractivity (Wildman–Crippen MR) is 180 cm³/mol. The molecule has 0 unspecified atom stereocenters. The molecule has 0 saturated carbocycles. The van der Waals surface area contributed by atoms with E-state index in [4.69, 9.17) is 14.6 Å². The Bertz CT molecular complexity index is 1710. The zero-order valence-electron chi connectivity index (χ0n) is 26.6. The van der Waals surface area contributed by atoms with Crippen LogP contribution in [0.5, 0.6) is 11.5 Å². The third kappa shape index (κ3) is 6.06. The van der Waals surface area contributed by atoms with Gasteiger partial charge in [-0.3, -0.25) is 14.5 Å². The van der Waals surface area contributed by atoms with Crippen molar-refractivity contribution in [1.29, 1.82) is 0 Å². The van der Waals surface area contributed by atoms with Gasteiger partial charge in [-0.1, -0.05) is 55.0 Å². The maximum absolute atomic E-state index is 14.2. The Labute approximate surface area is 269 Å². The van der Waals surface area contributed by atoms with Gasteiger partial charge in [0.15, 0.2) is 0 Å². The van der Waals surface area contributed by atoms with Crippen LogP contribution in [0, 0.1) is 19.8 Å². The number of carbonyl (C=O) groups is 2. The number of nitrogens with zero attached hydrogens (tertiary/aromatic N) is 4. The number of benzene rings is 3. The number of likely N-dealkylation sites (tertiary alicyclic amines) is 1. The van der Waals surface area contributed by atoms with E-state index in [0.29, 0.717) is 36.3 Å². The lowest BCUT2D eigenvalue weighted by Gasteiger charge is -2.32. The molecule has 45 heavy (non-hydrogen) atoms. The molecule has 2 amide bonds. The molecule has 1 saturated heterocycles. The molecule has 1 fully saturated rings. The number of hydrogen-bond acceptors (Lipinski definition) is 6. The van der Waals surface area contributed by atoms with Crippen LogP contribution in [0.15, 0.2) is 66.7 Å². The Hall–Kier alpha value is -4.24. The first-order valence-corrected chi connectivity index (χ1v) is 16.5. The normalized spacial score (nSPS) is 17.2. The second kappa shape index (κ2) is 13.0. The van der Waals surface area contributed by atoms with Gasteiger partial charge in [0.25, 0.3) is 0 Å². The van der Waals surface area contributed by atoms with Gasteiger partial charge in [-0.15, -0.1) is 11.8 Å². The van der Waals surface area contributed by atoms with Crippen molar-refractivity contribution in [3.63, 3.8) is 0 Å². The van der Waals surface area contributed by atoms with E-state index < -0.39 is 0 Å². The highest BCUT2D eigenvalue weighted by molar-refractivity contribution is 8.00. The molecule has 0 radical (unpaired) electrons. The molecule has 0 spiro atoms. The fourth-order valence-corrected chi connectivity index (χ4v) is 7.54. The first kappa shape index (κ1) is 30.8. The number of aryl methyl sites for hydroxylation is 2. The fraction of sp³-hybridized carbons (Fsp3) is 0.361. The van der Waals surface area contributed by atoms with Crippen molar-refractivity contribution in [2.45, 2.75) is 38.9 Å². The molecule has 2 aliphatic rings. The Balaban J connectivity index is 1.61. The van der Waals surface area contributed by atoms with Gasteiger partial charge in [-0.25, -0.2) is 4.68 Å². The van der Waals surface area contributed by atoms with E-state index in [0.717, 1.165) is 52.0 Å². The van der Waals surface area contributed by atoms with Gasteiger partial charge in [0.1, 0.15) is 23.9 Å². The summed E-state index contributed by atoms with van der Waals surface area (Å²) in [7, 11) is 3.30. The number of fused-ring (bicyclic) bond motifs is 1. The highest BCUT2D eigenvalue weighted by Crippen LogP contribution is 2.51. The summed E-state index contributed by atoms with van der Waals surface area (Å²) in [5.74, 6) is 2.60. The average molecular weight is 625 g/mol. The summed E-state index contributed by atoms with van der Waals surface area (Å²) in [4.78, 5) is 31.7. The Morgan fingerprint density at radius 1 is 0.978 bits per heavy atom. The molecule has 0 bridgehead atoms. The number of aromatic nitrogens is 2. The van der Waals surface area contributed by atoms with Gasteiger partial charge >= 0.3 is 0 Å². The molecule has 3 aromatic carbocycles. The third-order valence-electron chi connectivity index (χ3n) is 8.87. The number of amides is 2. The van der Waals surface area contributed by atoms with Crippen LogP contribution in [0.4, 0.5) is 5.82 Å². The van der Waals surface area contributed by atoms with E-state index in [-0.39, 0.29) is 29.4 Å². The second-order valence-corrected chi connectivity index (χ2v) is 13.1. The first-order valence-electron chi connectivity index (χ1n) is 15.5. The molecule has 9 heteroatoms. The number of methoxy groups -OCH3 is 2. The molecule has 8 nitrogen and oxygen atoms in total. The summed E-state index contributed by atoms with van der Waals surface area (Å²) in [6.07, 6.45) is 1.94. The van der Waals surface area contributed by atoms with E-state index in [1.165, 1.54) is 11.8 Å². The molecule has 1 atom stereocenters. The lowest BCUT2D eigenvalue weighted by Crippen LogP contribution is -2.46. The van der Waals surface area contributed by atoms with Crippen LogP contribution in [0.1, 0.15) is 47.3 Å². The molecular formula is C36H40N4O4S. The minimum absolute atomic E-state index is 0.0433. The summed E-state index contributed by atoms with van der Waals surface area (Å²) >= 11 is 1.52. The fourth-order valence-electron chi connectivity index (χ4n) is 6.32. The number of hydrogen-bond donors (Lipinski definition) is 0. The number of rotatable bonds is 7. The molecule has 0 aliphatic carbocycles. The molecule has 4 aromatic rings. The van der Waals surface area contributed by atoms with Crippen molar-refractivity contribution in [1.82, 2.24) is 14.7 Å². The number of carbonyl (C=O) groups excluding carboxylic acids is 2. The summed E-state index contributed by atoms with van der Waals surface area (Å²) in [5, 5.41) is 4.93. The van der Waals surface area contributed by atoms with Crippen molar-refractivity contribution in [2.75, 3.05) is 44.5 Å². The zero-order chi connectivity index (χ0) is 31.7. The second-order valence-electron chi connectivity index (χ2n) is 12.0. The number of piperidine rings is 1. The minimum Gasteiger partial charge on any atom is -0.497 e. The Morgan fingerprint density at radius 2 is 1.73 bits per heavy atom. The third-order valence-corrected chi connectivity index (χ3v) is 10.1. The lowest BCUT2D eigenvalue weighted by molar-refractivity contribution is -0.132. The average Bonchev–Trinajstić information content (AvgIpc) is 3.37. The van der Waals surface area contributed by atoms with Crippen LogP contribution in [0.2, 0.25) is 0 Å². The molecular weight excluding hydrogens is 584 g/mol. The van der Waals surface area contributed by atoms with Crippen LogP contribution >= 0.6 is 11.8 Å². The smallest absolute Gasteiger partial charge is 0.242 e. The van der Waals surface area contributed by atoms with E-state index >= 15 is 0 Å². The summed E-state index contributed by atoms with van der Waals surface area (Å²) in [6, 6.07) is 22.0. The van der Waals surface area contributed by atoms with Crippen LogP contribution < -0.4 is 14.4 Å². The van der Waals surface area contributed by atoms with Gasteiger partial charge in [0.2, 0.25) is 11.8 Å². The van der Waals surface area contributed by atoms with Crippen molar-refractivity contribution in [3.05, 3.63) is 89.0 Å². The van der Waals surface area contributed by atoms with Gasteiger partial charge < -0.3 is 14.4 Å². The molecule has 234 valence electrons. The standard InChI is InChI=1S/C36H40N4O4S/c1-23-15-17-38(18-16-23)31(41)21-39-32(42)22-45-35(28-20-27(43-4)12-14-30(28)44-5)33-34(26-9-7-6-8-10-26)37-40(36(33)39)29-13-11-24(2)19-25(29)3/h6-14,19-20,23,35H,15-18,21-22H2,1-5H3/t35-/m1/s1. The molecule has 0 N–H and O–H groups in total. The summed E-state index contributed by atoms with van der Waals surface area (Å²) in [5.41, 5.74) is 6.45. The Morgan fingerprint density at radius 3 is 2.42 bits per heavy atom. The number of ether oxygens (including phenoxy) is 2. The van der Waals surface area contributed by atoms with E-state index in [2.05, 4.69) is 32.9 Å². The van der Waals surface area contributed by atoms with Crippen molar-refractivity contribution >= 4 is 29.4 Å². The first-order chi connectivity index (χ1) is 21.8. The quantitative estimate of drug-likeness (QED) is 0.231. The molecule has 3 heterocycles. The van der Waals surface area contributed by atoms with Crippen LogP contribution in [0.3, 0.4) is 0 Å². The maximum Gasteiger partial charge on any atom is 0.242 e. The molecule has 2 aliphatic heterocycles. The van der Waals surface area contributed by atoms with Crippen LogP contribution in [0.25, 0.3) is 16.9 Å². The van der Waals surface area contributed by atoms with E-state index in [9.17, 15) is 9.59 Å². The lowest BCUT2D eigenvalue weighted by atomic mass is 9.98. The highest BCUT2D eigenvalue weighted by atomic mass is 32.2. The van der Waals surface area contributed by atoms with Gasteiger partial charge in [0.05, 0.1) is 36.6 Å². The number of anilines is 1. The van der Waals surface area contributed by atoms with Crippen LogP contribution in [-0.2, 0) is 9.59 Å². The predicted octanol–water partition coefficient (Wildman–Crippen LogP) is 6.60. The topological polar surface area (TPSA) is 76.9 Å². The Kier molecular flexibility index (Phi) is 8.90. The van der Waals surface area contributed by atoms with Crippen LogP contribution in [-0.4, -0.2) is 66.1 Å². The monoisotopic (exact) mass is 624 g/mol. The van der Waals surface area contributed by atoms with Gasteiger partial charge in [0, 0.05) is 29.8 Å². The zero-order valence-corrected chi connectivity index (χ0v) is 27.4. The van der Waals surface area contributed by atoms with E-state index in [1.807, 2.05) is 64.2 Å². The maximum atomic E-state index is 14.2. The van der Waals surface area contributed by atoms with E-state index in [1.54, 1.807) is 19.1 Å². The highest BCUT2D eigenvalue weighted by Gasteiger charge is 2.39.